The lowest BCUT2D eigenvalue weighted by Gasteiger charge is -2.22. The number of nitrogens with two attached hydrogens (primary N) is 1. The van der Waals surface area contributed by atoms with Gasteiger partial charge < -0.3 is 10.2 Å². The molecule has 6 aromatic carbocycles. The Balaban J connectivity index is 1.27. The lowest BCUT2D eigenvalue weighted by Crippen LogP contribution is -2.11. The molecule has 0 radical (unpaired) electrons. The van der Waals surface area contributed by atoms with E-state index in [2.05, 4.69) is 103 Å². The second-order valence-electron chi connectivity index (χ2n) is 10.9. The number of amidine groups is 1. The normalized spacial score (nSPS) is 15.4. The van der Waals surface area contributed by atoms with Crippen molar-refractivity contribution in [1.82, 2.24) is 0 Å². The Kier molecular flexibility index (Phi) is 6.63. The van der Waals surface area contributed by atoms with Gasteiger partial charge in [0, 0.05) is 27.6 Å². The Hall–Kier alpha value is -5.31. The molecule has 7 aromatic rings. The van der Waals surface area contributed by atoms with Gasteiger partial charge in [-0.25, -0.2) is 4.99 Å². The number of fused-ring (bicyclic) bond motifs is 3. The summed E-state index contributed by atoms with van der Waals surface area (Å²) >= 11 is 0. The first kappa shape index (κ1) is 26.3. The summed E-state index contributed by atoms with van der Waals surface area (Å²) in [6.45, 7) is 0. The number of nitrogen functional groups attached to an aromatic ring is 1. The van der Waals surface area contributed by atoms with Gasteiger partial charge in [-0.3, -0.25) is 4.99 Å². The molecule has 8 rings (SSSR count). The first-order valence-electron chi connectivity index (χ1n) is 14.6. The van der Waals surface area contributed by atoms with Crippen molar-refractivity contribution in [2.75, 3.05) is 5.73 Å². The van der Waals surface area contributed by atoms with E-state index in [-0.39, 0.29) is 5.78 Å². The van der Waals surface area contributed by atoms with E-state index in [1.54, 1.807) is 0 Å². The van der Waals surface area contributed by atoms with Crippen LogP contribution >= 0.6 is 8.58 Å². The molecular weight excluding hydrogens is 557 g/mol. The van der Waals surface area contributed by atoms with E-state index in [0.717, 1.165) is 61.2 Å². The number of rotatable bonds is 5. The van der Waals surface area contributed by atoms with Crippen LogP contribution in [0, 0.1) is 0 Å². The molecule has 1 aliphatic rings. The zero-order chi connectivity index (χ0) is 29.5. The highest BCUT2D eigenvalue weighted by Crippen LogP contribution is 2.44. The van der Waals surface area contributed by atoms with Gasteiger partial charge in [-0.2, -0.15) is 0 Å². The first-order chi connectivity index (χ1) is 21.7. The molecule has 2 heterocycles. The van der Waals surface area contributed by atoms with Gasteiger partial charge in [0.1, 0.15) is 11.2 Å². The van der Waals surface area contributed by atoms with E-state index in [4.69, 9.17) is 20.1 Å². The zero-order valence-corrected chi connectivity index (χ0v) is 24.8. The molecule has 0 fully saturated rings. The number of aliphatic imine (C=N–C) groups is 2. The number of furan rings is 1. The molecule has 1 aliphatic heterocycles. The van der Waals surface area contributed by atoms with Crippen LogP contribution in [0.1, 0.15) is 22.5 Å². The average Bonchev–Trinajstić information content (AvgIpc) is 3.47. The third kappa shape index (κ3) is 4.90. The molecule has 0 bridgehead atoms. The molecule has 0 saturated heterocycles. The van der Waals surface area contributed by atoms with Crippen molar-refractivity contribution in [3.05, 3.63) is 162 Å². The van der Waals surface area contributed by atoms with E-state index < -0.39 is 0 Å². The highest BCUT2D eigenvalue weighted by molar-refractivity contribution is 7.59. The van der Waals surface area contributed by atoms with Crippen LogP contribution < -0.4 is 5.73 Å². The predicted octanol–water partition coefficient (Wildman–Crippen LogP) is 10.1. The molecule has 2 N–H and O–H groups in total. The standard InChI is InChI=1S/C39H28N3OP/c40-31-21-18-27(19-22-31)30-20-23-34-33(24-30)36-32(12-7-13-35(36)43-34)37-41-38(28-10-5-2-6-11-28)44-39(42-37)29-16-14-26(15-17-29)25-8-3-1-4-9-25/h1-24,39,44H,40H2. The Labute approximate surface area is 257 Å². The lowest BCUT2D eigenvalue weighted by molar-refractivity contribution is 0.669. The van der Waals surface area contributed by atoms with Crippen molar-refractivity contribution < 1.29 is 4.42 Å². The fraction of sp³-hybridized carbons (Fsp3) is 0.0256. The maximum atomic E-state index is 6.35. The van der Waals surface area contributed by atoms with E-state index >= 15 is 0 Å². The van der Waals surface area contributed by atoms with Gasteiger partial charge >= 0.3 is 0 Å². The number of nitrogens with zero attached hydrogens (tertiary/aromatic N) is 2. The summed E-state index contributed by atoms with van der Waals surface area (Å²) in [5.41, 5.74) is 17.3. The molecule has 0 amide bonds. The summed E-state index contributed by atoms with van der Waals surface area (Å²) in [7, 11) is 0.406. The Morgan fingerprint density at radius 2 is 1.20 bits per heavy atom. The number of anilines is 1. The van der Waals surface area contributed by atoms with Crippen molar-refractivity contribution >= 4 is 47.5 Å². The molecule has 0 aliphatic carbocycles. The minimum absolute atomic E-state index is 0.0405. The summed E-state index contributed by atoms with van der Waals surface area (Å²) in [6.07, 6.45) is 0. The van der Waals surface area contributed by atoms with Gasteiger partial charge in [-0.15, -0.1) is 0 Å². The largest absolute Gasteiger partial charge is 0.456 e. The first-order valence-corrected chi connectivity index (χ1v) is 15.7. The summed E-state index contributed by atoms with van der Waals surface area (Å²) in [4.78, 5) is 10.5. The van der Waals surface area contributed by atoms with Gasteiger partial charge in [0.25, 0.3) is 0 Å². The third-order valence-corrected chi connectivity index (χ3v) is 9.51. The van der Waals surface area contributed by atoms with Crippen molar-refractivity contribution in [3.63, 3.8) is 0 Å². The Morgan fingerprint density at radius 3 is 1.95 bits per heavy atom. The molecule has 210 valence electrons. The number of hydrogen-bond donors (Lipinski definition) is 1. The van der Waals surface area contributed by atoms with Gasteiger partial charge in [-0.05, 0) is 66.7 Å². The maximum Gasteiger partial charge on any atom is 0.157 e. The number of benzene rings is 6. The molecule has 5 heteroatoms. The van der Waals surface area contributed by atoms with Crippen molar-refractivity contribution in [1.29, 1.82) is 0 Å². The summed E-state index contributed by atoms with van der Waals surface area (Å²) in [6, 6.07) is 50.2. The molecule has 44 heavy (non-hydrogen) atoms. The SMILES string of the molecule is Nc1ccc(-c2ccc3oc4cccc(C5=NC(c6ccc(-c7ccccc7)cc6)PC(c6ccccc6)=N5)c4c3c2)cc1. The van der Waals surface area contributed by atoms with Crippen LogP contribution in [0.15, 0.2) is 160 Å². The molecule has 2 unspecified atom stereocenters. The maximum absolute atomic E-state index is 6.35. The van der Waals surface area contributed by atoms with E-state index in [9.17, 15) is 0 Å². The van der Waals surface area contributed by atoms with Crippen LogP contribution in [-0.4, -0.2) is 11.3 Å². The highest BCUT2D eigenvalue weighted by Gasteiger charge is 2.24. The van der Waals surface area contributed by atoms with Gasteiger partial charge in [0.2, 0.25) is 0 Å². The van der Waals surface area contributed by atoms with Gasteiger partial charge in [0.15, 0.2) is 5.84 Å². The third-order valence-electron chi connectivity index (χ3n) is 8.10. The second kappa shape index (κ2) is 11.1. The van der Waals surface area contributed by atoms with E-state index in [1.165, 1.54) is 16.7 Å². The lowest BCUT2D eigenvalue weighted by atomic mass is 10.00. The minimum Gasteiger partial charge on any atom is -0.456 e. The quantitative estimate of drug-likeness (QED) is 0.161. The predicted molar refractivity (Wildman–Crippen MR) is 186 cm³/mol. The van der Waals surface area contributed by atoms with Crippen LogP contribution in [0.25, 0.3) is 44.2 Å². The summed E-state index contributed by atoms with van der Waals surface area (Å²) in [5.74, 6) is 0.687. The molecule has 0 saturated carbocycles. The zero-order valence-electron chi connectivity index (χ0n) is 23.8. The van der Waals surface area contributed by atoms with Crippen LogP contribution in [0.3, 0.4) is 0 Å². The topological polar surface area (TPSA) is 63.9 Å². The molecule has 4 nitrogen and oxygen atoms in total. The molecule has 1 aromatic heterocycles. The summed E-state index contributed by atoms with van der Waals surface area (Å²) in [5, 5.41) is 2.07. The van der Waals surface area contributed by atoms with Gasteiger partial charge in [0.05, 0.1) is 11.2 Å². The molecular formula is C39H28N3OP. The van der Waals surface area contributed by atoms with Gasteiger partial charge in [-0.1, -0.05) is 115 Å². The monoisotopic (exact) mass is 585 g/mol. The second-order valence-corrected chi connectivity index (χ2v) is 12.2. The summed E-state index contributed by atoms with van der Waals surface area (Å²) < 4.78 is 6.35. The molecule has 2 atom stereocenters. The Morgan fingerprint density at radius 1 is 0.568 bits per heavy atom. The fourth-order valence-electron chi connectivity index (χ4n) is 5.84. The smallest absolute Gasteiger partial charge is 0.157 e. The average molecular weight is 586 g/mol. The Bertz CT molecular complexity index is 2180. The van der Waals surface area contributed by atoms with E-state index in [1.807, 2.05) is 42.5 Å². The van der Waals surface area contributed by atoms with Crippen LogP contribution in [0.2, 0.25) is 0 Å². The van der Waals surface area contributed by atoms with Crippen molar-refractivity contribution in [3.8, 4) is 22.3 Å². The minimum atomic E-state index is -0.0405. The number of hydrogen-bond acceptors (Lipinski definition) is 4. The van der Waals surface area contributed by atoms with Crippen molar-refractivity contribution in [2.45, 2.75) is 5.78 Å². The van der Waals surface area contributed by atoms with Crippen molar-refractivity contribution in [2.24, 2.45) is 9.98 Å². The van der Waals surface area contributed by atoms with Crippen LogP contribution in [-0.2, 0) is 0 Å². The van der Waals surface area contributed by atoms with Crippen LogP contribution in [0.5, 0.6) is 0 Å². The fourth-order valence-corrected chi connectivity index (χ4v) is 7.15. The highest BCUT2D eigenvalue weighted by atomic mass is 31.1. The van der Waals surface area contributed by atoms with E-state index in [0.29, 0.717) is 8.58 Å². The van der Waals surface area contributed by atoms with Crippen LogP contribution in [0.4, 0.5) is 5.69 Å². The molecule has 0 spiro atoms.